The van der Waals surface area contributed by atoms with E-state index in [4.69, 9.17) is 10.5 Å². The van der Waals surface area contributed by atoms with E-state index in [1.165, 1.54) is 25.7 Å². The van der Waals surface area contributed by atoms with E-state index in [-0.39, 0.29) is 0 Å². The molecule has 1 rings (SSSR count). The topological polar surface area (TPSA) is 35.2 Å². The van der Waals surface area contributed by atoms with Crippen molar-refractivity contribution in [3.05, 3.63) is 22.7 Å². The van der Waals surface area contributed by atoms with Gasteiger partial charge in [-0.3, -0.25) is 0 Å². The maximum Gasteiger partial charge on any atom is 0.156 e. The van der Waals surface area contributed by atoms with Crippen molar-refractivity contribution in [3.63, 3.8) is 0 Å². The summed E-state index contributed by atoms with van der Waals surface area (Å²) in [4.78, 5) is 0. The van der Waals surface area contributed by atoms with E-state index in [1.807, 2.05) is 18.2 Å². The predicted octanol–water partition coefficient (Wildman–Crippen LogP) is 4.38. The minimum Gasteiger partial charge on any atom is -0.490 e. The van der Waals surface area contributed by atoms with Crippen LogP contribution in [0.5, 0.6) is 5.75 Å². The van der Waals surface area contributed by atoms with Crippen LogP contribution in [0.3, 0.4) is 0 Å². The Balaban J connectivity index is 2.26. The maximum absolute atomic E-state index is 5.83. The van der Waals surface area contributed by atoms with Crippen LogP contribution in [-0.2, 0) is 0 Å². The van der Waals surface area contributed by atoms with Crippen LogP contribution in [0.2, 0.25) is 0 Å². The summed E-state index contributed by atoms with van der Waals surface area (Å²) >= 11 is 3.44. The van der Waals surface area contributed by atoms with Crippen molar-refractivity contribution in [2.24, 2.45) is 0 Å². The Morgan fingerprint density at radius 3 is 2.62 bits per heavy atom. The molecule has 0 aliphatic rings. The van der Waals surface area contributed by atoms with E-state index in [1.54, 1.807) is 0 Å². The van der Waals surface area contributed by atoms with Crippen LogP contribution >= 0.6 is 15.9 Å². The van der Waals surface area contributed by atoms with Gasteiger partial charge in [-0.1, -0.05) is 38.7 Å². The fourth-order valence-electron chi connectivity index (χ4n) is 1.56. The minimum atomic E-state index is 0.697. The molecule has 1 aromatic carbocycles. The fraction of sp³-hybridized carbons (Fsp3) is 0.538. The predicted molar refractivity (Wildman–Crippen MR) is 72.8 cm³/mol. The van der Waals surface area contributed by atoms with Gasteiger partial charge in [0.1, 0.15) is 0 Å². The first-order chi connectivity index (χ1) is 7.75. The van der Waals surface area contributed by atoms with Gasteiger partial charge in [0.2, 0.25) is 0 Å². The van der Waals surface area contributed by atoms with Crippen LogP contribution in [0.1, 0.15) is 39.0 Å². The summed E-state index contributed by atoms with van der Waals surface area (Å²) in [5.74, 6) is 0.776. The SMILES string of the molecule is CCCCCCCOc1c(N)cccc1Br. The van der Waals surface area contributed by atoms with Gasteiger partial charge >= 0.3 is 0 Å². The van der Waals surface area contributed by atoms with Gasteiger partial charge in [0, 0.05) is 0 Å². The molecule has 0 atom stereocenters. The molecule has 3 heteroatoms. The van der Waals surface area contributed by atoms with Crippen molar-refractivity contribution in [1.29, 1.82) is 0 Å². The fourth-order valence-corrected chi connectivity index (χ4v) is 2.05. The largest absolute Gasteiger partial charge is 0.490 e. The number of nitrogen functional groups attached to an aromatic ring is 1. The lowest BCUT2D eigenvalue weighted by Crippen LogP contribution is -2.01. The zero-order chi connectivity index (χ0) is 11.8. The molecule has 90 valence electrons. The third-order valence-corrected chi connectivity index (χ3v) is 3.12. The van der Waals surface area contributed by atoms with Gasteiger partial charge in [-0.25, -0.2) is 0 Å². The summed E-state index contributed by atoms with van der Waals surface area (Å²) in [5, 5.41) is 0. The molecule has 0 spiro atoms. The number of halogens is 1. The number of nitrogens with two attached hydrogens (primary N) is 1. The standard InChI is InChI=1S/C13H20BrNO/c1-2-3-4-5-6-10-16-13-11(14)8-7-9-12(13)15/h7-9H,2-6,10,15H2,1H3. The summed E-state index contributed by atoms with van der Waals surface area (Å²) in [7, 11) is 0. The van der Waals surface area contributed by atoms with Gasteiger partial charge in [0.15, 0.2) is 5.75 Å². The van der Waals surface area contributed by atoms with Gasteiger partial charge in [0.25, 0.3) is 0 Å². The Labute approximate surface area is 106 Å². The van der Waals surface area contributed by atoms with Gasteiger partial charge in [-0.2, -0.15) is 0 Å². The molecular formula is C13H20BrNO. The van der Waals surface area contributed by atoms with Gasteiger partial charge in [-0.15, -0.1) is 0 Å². The maximum atomic E-state index is 5.83. The molecule has 0 unspecified atom stereocenters. The lowest BCUT2D eigenvalue weighted by Gasteiger charge is -2.10. The van der Waals surface area contributed by atoms with E-state index >= 15 is 0 Å². The molecule has 0 saturated carbocycles. The van der Waals surface area contributed by atoms with Gasteiger partial charge < -0.3 is 10.5 Å². The third kappa shape index (κ3) is 4.44. The second kappa shape index (κ2) is 7.55. The summed E-state index contributed by atoms with van der Waals surface area (Å²) in [6.07, 6.45) is 6.22. The van der Waals surface area contributed by atoms with E-state index in [9.17, 15) is 0 Å². The molecule has 0 aliphatic heterocycles. The highest BCUT2D eigenvalue weighted by Gasteiger charge is 2.04. The number of rotatable bonds is 7. The molecule has 2 nitrogen and oxygen atoms in total. The average molecular weight is 286 g/mol. The van der Waals surface area contributed by atoms with Crippen molar-refractivity contribution in [2.45, 2.75) is 39.0 Å². The van der Waals surface area contributed by atoms with E-state index < -0.39 is 0 Å². The van der Waals surface area contributed by atoms with Crippen LogP contribution in [0.25, 0.3) is 0 Å². The summed E-state index contributed by atoms with van der Waals surface area (Å²) < 4.78 is 6.61. The first-order valence-corrected chi connectivity index (χ1v) is 6.71. The lowest BCUT2D eigenvalue weighted by atomic mass is 10.2. The van der Waals surface area contributed by atoms with E-state index in [0.717, 1.165) is 23.2 Å². The molecule has 1 aromatic rings. The van der Waals surface area contributed by atoms with Crippen molar-refractivity contribution < 1.29 is 4.74 Å². The molecule has 2 N–H and O–H groups in total. The highest BCUT2D eigenvalue weighted by atomic mass is 79.9. The summed E-state index contributed by atoms with van der Waals surface area (Å²) in [5.41, 5.74) is 6.53. The van der Waals surface area contributed by atoms with Crippen molar-refractivity contribution in [1.82, 2.24) is 0 Å². The zero-order valence-electron chi connectivity index (χ0n) is 9.84. The Hall–Kier alpha value is -0.700. The smallest absolute Gasteiger partial charge is 0.156 e. The number of benzene rings is 1. The molecule has 0 bridgehead atoms. The Kier molecular flexibility index (Phi) is 6.31. The summed E-state index contributed by atoms with van der Waals surface area (Å²) in [6.45, 7) is 2.97. The van der Waals surface area contributed by atoms with Crippen molar-refractivity contribution >= 4 is 21.6 Å². The monoisotopic (exact) mass is 285 g/mol. The number of unbranched alkanes of at least 4 members (excludes halogenated alkanes) is 4. The van der Waals surface area contributed by atoms with Crippen LogP contribution in [0, 0.1) is 0 Å². The first kappa shape index (κ1) is 13.4. The first-order valence-electron chi connectivity index (χ1n) is 5.92. The van der Waals surface area contributed by atoms with E-state index in [0.29, 0.717) is 5.69 Å². The average Bonchev–Trinajstić information content (AvgIpc) is 2.26. The van der Waals surface area contributed by atoms with Gasteiger partial charge in [0.05, 0.1) is 16.8 Å². The molecular weight excluding hydrogens is 266 g/mol. The van der Waals surface area contributed by atoms with Crippen LogP contribution in [0.15, 0.2) is 22.7 Å². The number of ether oxygens (including phenoxy) is 1. The molecule has 0 amide bonds. The van der Waals surface area contributed by atoms with E-state index in [2.05, 4.69) is 22.9 Å². The quantitative estimate of drug-likeness (QED) is 0.596. The zero-order valence-corrected chi connectivity index (χ0v) is 11.4. The van der Waals surface area contributed by atoms with Crippen LogP contribution in [0.4, 0.5) is 5.69 Å². The number of anilines is 1. The Bertz CT molecular complexity index is 295. The highest BCUT2D eigenvalue weighted by Crippen LogP contribution is 2.30. The summed E-state index contributed by atoms with van der Waals surface area (Å²) in [6, 6.07) is 5.72. The second-order valence-corrected chi connectivity index (χ2v) is 4.78. The van der Waals surface area contributed by atoms with Crippen molar-refractivity contribution in [3.8, 4) is 5.75 Å². The Morgan fingerprint density at radius 2 is 1.94 bits per heavy atom. The molecule has 0 heterocycles. The van der Waals surface area contributed by atoms with Crippen LogP contribution < -0.4 is 10.5 Å². The lowest BCUT2D eigenvalue weighted by molar-refractivity contribution is 0.304. The second-order valence-electron chi connectivity index (χ2n) is 3.92. The molecule has 0 radical (unpaired) electrons. The third-order valence-electron chi connectivity index (χ3n) is 2.49. The normalized spacial score (nSPS) is 10.4. The molecule has 0 saturated heterocycles. The molecule has 0 fully saturated rings. The molecule has 0 aliphatic carbocycles. The van der Waals surface area contributed by atoms with Gasteiger partial charge in [-0.05, 0) is 34.5 Å². The molecule has 16 heavy (non-hydrogen) atoms. The Morgan fingerprint density at radius 1 is 1.19 bits per heavy atom. The number of hydrogen-bond acceptors (Lipinski definition) is 2. The highest BCUT2D eigenvalue weighted by molar-refractivity contribution is 9.10. The van der Waals surface area contributed by atoms with Crippen LogP contribution in [-0.4, -0.2) is 6.61 Å². The number of para-hydroxylation sites is 1. The minimum absolute atomic E-state index is 0.697. The van der Waals surface area contributed by atoms with Crippen molar-refractivity contribution in [2.75, 3.05) is 12.3 Å². The molecule has 0 aromatic heterocycles. The number of hydrogen-bond donors (Lipinski definition) is 1.